The molecule has 1 N–H and O–H groups in total. The summed E-state index contributed by atoms with van der Waals surface area (Å²) >= 11 is 7.40. The molecule has 1 heterocycles. The van der Waals surface area contributed by atoms with Crippen molar-refractivity contribution >= 4 is 35.0 Å². The van der Waals surface area contributed by atoms with Gasteiger partial charge in [-0.2, -0.15) is 0 Å². The van der Waals surface area contributed by atoms with Gasteiger partial charge in [-0.15, -0.1) is 10.2 Å². The summed E-state index contributed by atoms with van der Waals surface area (Å²) in [7, 11) is 0. The van der Waals surface area contributed by atoms with Crippen LogP contribution in [0.4, 0.5) is 5.69 Å². The number of benzene rings is 3. The standard InChI is InChI=1S/C23H19ClN4OS/c24-19-13-11-18(12-14-19)22-26-27-23(28(22)15-17-7-3-1-4-8-17)30-16-21(29)25-20-9-5-2-6-10-20/h1-14H,15-16H2,(H,25,29). The molecule has 0 saturated carbocycles. The molecule has 7 heteroatoms. The summed E-state index contributed by atoms with van der Waals surface area (Å²) in [6.07, 6.45) is 0. The van der Waals surface area contributed by atoms with Gasteiger partial charge in [-0.05, 0) is 42.0 Å². The van der Waals surface area contributed by atoms with E-state index in [1.165, 1.54) is 11.8 Å². The highest BCUT2D eigenvalue weighted by Gasteiger charge is 2.16. The zero-order chi connectivity index (χ0) is 20.8. The largest absolute Gasteiger partial charge is 0.325 e. The van der Waals surface area contributed by atoms with Crippen LogP contribution in [0, 0.1) is 0 Å². The van der Waals surface area contributed by atoms with Gasteiger partial charge in [-0.1, -0.05) is 71.9 Å². The lowest BCUT2D eigenvalue weighted by molar-refractivity contribution is -0.113. The van der Waals surface area contributed by atoms with Crippen LogP contribution >= 0.6 is 23.4 Å². The first-order chi connectivity index (χ1) is 14.7. The van der Waals surface area contributed by atoms with E-state index >= 15 is 0 Å². The van der Waals surface area contributed by atoms with Gasteiger partial charge in [0.25, 0.3) is 0 Å². The molecule has 5 nitrogen and oxygen atoms in total. The second kappa shape index (κ2) is 9.61. The highest BCUT2D eigenvalue weighted by atomic mass is 35.5. The Kier molecular flexibility index (Phi) is 6.47. The van der Waals surface area contributed by atoms with Gasteiger partial charge in [0.1, 0.15) is 0 Å². The van der Waals surface area contributed by atoms with E-state index < -0.39 is 0 Å². The monoisotopic (exact) mass is 434 g/mol. The maximum atomic E-state index is 12.4. The summed E-state index contributed by atoms with van der Waals surface area (Å²) in [5.74, 6) is 0.887. The normalized spacial score (nSPS) is 10.7. The number of anilines is 1. The third-order valence-electron chi connectivity index (χ3n) is 4.39. The quantitative estimate of drug-likeness (QED) is 0.397. The van der Waals surface area contributed by atoms with E-state index in [1.807, 2.05) is 77.4 Å². The molecule has 0 fully saturated rings. The van der Waals surface area contributed by atoms with Crippen molar-refractivity contribution < 1.29 is 4.79 Å². The van der Waals surface area contributed by atoms with Crippen LogP contribution in [0.2, 0.25) is 5.02 Å². The number of rotatable bonds is 7. The summed E-state index contributed by atoms with van der Waals surface area (Å²) in [4.78, 5) is 12.4. The molecule has 3 aromatic carbocycles. The van der Waals surface area contributed by atoms with Crippen molar-refractivity contribution in [3.05, 3.63) is 95.5 Å². The third kappa shape index (κ3) is 5.09. The number of aromatic nitrogens is 3. The Balaban J connectivity index is 1.55. The van der Waals surface area contributed by atoms with Crippen molar-refractivity contribution in [3.63, 3.8) is 0 Å². The molecule has 0 aliphatic carbocycles. The minimum absolute atomic E-state index is 0.0893. The molecular weight excluding hydrogens is 416 g/mol. The number of thioether (sulfide) groups is 1. The zero-order valence-electron chi connectivity index (χ0n) is 16.0. The van der Waals surface area contributed by atoms with Crippen LogP contribution in [0.1, 0.15) is 5.56 Å². The van der Waals surface area contributed by atoms with Crippen LogP contribution in [0.5, 0.6) is 0 Å². The second-order valence-electron chi connectivity index (χ2n) is 6.59. The SMILES string of the molecule is O=C(CSc1nnc(-c2ccc(Cl)cc2)n1Cc1ccccc1)Nc1ccccc1. The number of halogens is 1. The fourth-order valence-corrected chi connectivity index (χ4v) is 3.83. The minimum Gasteiger partial charge on any atom is -0.325 e. The predicted octanol–water partition coefficient (Wildman–Crippen LogP) is 5.38. The summed E-state index contributed by atoms with van der Waals surface area (Å²) in [6.45, 7) is 0.606. The average molecular weight is 435 g/mol. The van der Waals surface area contributed by atoms with Crippen LogP contribution in [0.25, 0.3) is 11.4 Å². The maximum Gasteiger partial charge on any atom is 0.234 e. The Morgan fingerprint density at radius 1 is 0.900 bits per heavy atom. The second-order valence-corrected chi connectivity index (χ2v) is 7.97. The van der Waals surface area contributed by atoms with Crippen molar-refractivity contribution in [1.29, 1.82) is 0 Å². The highest BCUT2D eigenvalue weighted by Crippen LogP contribution is 2.26. The van der Waals surface area contributed by atoms with Crippen LogP contribution < -0.4 is 5.32 Å². The van der Waals surface area contributed by atoms with Gasteiger partial charge in [0.05, 0.1) is 12.3 Å². The number of nitrogens with one attached hydrogen (secondary N) is 1. The Labute approximate surface area is 184 Å². The van der Waals surface area contributed by atoms with Gasteiger partial charge in [0.15, 0.2) is 11.0 Å². The first kappa shape index (κ1) is 20.2. The van der Waals surface area contributed by atoms with Gasteiger partial charge in [-0.25, -0.2) is 0 Å². The van der Waals surface area contributed by atoms with Crippen molar-refractivity contribution in [2.24, 2.45) is 0 Å². The van der Waals surface area contributed by atoms with E-state index in [2.05, 4.69) is 27.6 Å². The lowest BCUT2D eigenvalue weighted by atomic mass is 10.2. The van der Waals surface area contributed by atoms with Crippen LogP contribution in [-0.4, -0.2) is 26.4 Å². The molecule has 1 aromatic heterocycles. The molecule has 0 bridgehead atoms. The Morgan fingerprint density at radius 2 is 1.57 bits per heavy atom. The van der Waals surface area contributed by atoms with Crippen molar-refractivity contribution in [3.8, 4) is 11.4 Å². The Morgan fingerprint density at radius 3 is 2.27 bits per heavy atom. The van der Waals surface area contributed by atoms with E-state index in [9.17, 15) is 4.79 Å². The van der Waals surface area contributed by atoms with E-state index in [-0.39, 0.29) is 11.7 Å². The molecule has 4 aromatic rings. The molecule has 1 amide bonds. The van der Waals surface area contributed by atoms with Crippen molar-refractivity contribution in [1.82, 2.24) is 14.8 Å². The fraction of sp³-hybridized carbons (Fsp3) is 0.0870. The van der Waals surface area contributed by atoms with E-state index in [0.29, 0.717) is 16.7 Å². The van der Waals surface area contributed by atoms with E-state index in [1.54, 1.807) is 0 Å². The summed E-state index contributed by atoms with van der Waals surface area (Å²) in [6, 6.07) is 27.0. The van der Waals surface area contributed by atoms with Gasteiger partial charge in [0.2, 0.25) is 5.91 Å². The topological polar surface area (TPSA) is 59.8 Å². The summed E-state index contributed by atoms with van der Waals surface area (Å²) < 4.78 is 2.03. The molecule has 4 rings (SSSR count). The predicted molar refractivity (Wildman–Crippen MR) is 122 cm³/mol. The molecule has 0 atom stereocenters. The average Bonchev–Trinajstić information content (AvgIpc) is 3.16. The number of hydrogen-bond donors (Lipinski definition) is 1. The molecule has 0 aliphatic rings. The summed E-state index contributed by atoms with van der Waals surface area (Å²) in [5.41, 5.74) is 2.82. The van der Waals surface area contributed by atoms with Crippen LogP contribution in [0.15, 0.2) is 90.1 Å². The summed E-state index contributed by atoms with van der Waals surface area (Å²) in [5, 5.41) is 13.0. The lowest BCUT2D eigenvalue weighted by Gasteiger charge is -2.11. The number of amides is 1. The van der Waals surface area contributed by atoms with Gasteiger partial charge in [0, 0.05) is 16.3 Å². The van der Waals surface area contributed by atoms with Gasteiger partial charge < -0.3 is 5.32 Å². The Bertz CT molecular complexity index is 1120. The number of carbonyl (C=O) groups excluding carboxylic acids is 1. The molecule has 30 heavy (non-hydrogen) atoms. The number of carbonyl (C=O) groups is 1. The van der Waals surface area contributed by atoms with Crippen molar-refractivity contribution in [2.75, 3.05) is 11.1 Å². The van der Waals surface area contributed by atoms with Gasteiger partial charge in [-0.3, -0.25) is 9.36 Å². The van der Waals surface area contributed by atoms with E-state index in [4.69, 9.17) is 11.6 Å². The molecule has 0 saturated heterocycles. The van der Waals surface area contributed by atoms with Gasteiger partial charge >= 0.3 is 0 Å². The van der Waals surface area contributed by atoms with Crippen LogP contribution in [0.3, 0.4) is 0 Å². The zero-order valence-corrected chi connectivity index (χ0v) is 17.6. The molecule has 150 valence electrons. The highest BCUT2D eigenvalue weighted by molar-refractivity contribution is 7.99. The third-order valence-corrected chi connectivity index (χ3v) is 5.61. The first-order valence-electron chi connectivity index (χ1n) is 9.40. The molecule has 0 radical (unpaired) electrons. The lowest BCUT2D eigenvalue weighted by Crippen LogP contribution is -2.14. The Hall–Kier alpha value is -3.09. The first-order valence-corrected chi connectivity index (χ1v) is 10.8. The maximum absolute atomic E-state index is 12.4. The van der Waals surface area contributed by atoms with E-state index in [0.717, 1.165) is 22.6 Å². The molecule has 0 unspecified atom stereocenters. The minimum atomic E-state index is -0.0893. The fourth-order valence-electron chi connectivity index (χ4n) is 2.97. The smallest absolute Gasteiger partial charge is 0.234 e. The molecule has 0 aliphatic heterocycles. The number of hydrogen-bond acceptors (Lipinski definition) is 4. The van der Waals surface area contributed by atoms with Crippen LogP contribution in [-0.2, 0) is 11.3 Å². The number of nitrogens with zero attached hydrogens (tertiary/aromatic N) is 3. The molecule has 0 spiro atoms. The van der Waals surface area contributed by atoms with Crippen molar-refractivity contribution in [2.45, 2.75) is 11.7 Å². The number of para-hydroxylation sites is 1. The molecular formula is C23H19ClN4OS.